The largest absolute Gasteiger partial charge is 0.483 e. The highest BCUT2D eigenvalue weighted by molar-refractivity contribution is 7.89. The first-order valence-corrected chi connectivity index (χ1v) is 9.88. The van der Waals surface area contributed by atoms with Crippen molar-refractivity contribution < 1.29 is 17.9 Å². The fourth-order valence-electron chi connectivity index (χ4n) is 2.30. The number of amides is 1. The predicted molar refractivity (Wildman–Crippen MR) is 102 cm³/mol. The second kappa shape index (κ2) is 8.82. The number of para-hydroxylation sites is 1. The lowest BCUT2D eigenvalue weighted by Crippen LogP contribution is -2.31. The predicted octanol–water partition coefficient (Wildman–Crippen LogP) is 2.73. The molecule has 0 aliphatic heterocycles. The van der Waals surface area contributed by atoms with Gasteiger partial charge in [0.05, 0.1) is 4.90 Å². The Balaban J connectivity index is 2.03. The third-order valence-electron chi connectivity index (χ3n) is 3.87. The number of anilines is 1. The van der Waals surface area contributed by atoms with E-state index in [1.54, 1.807) is 26.1 Å². The van der Waals surface area contributed by atoms with Crippen molar-refractivity contribution in [3.8, 4) is 5.75 Å². The molecule has 1 N–H and O–H groups in total. The summed E-state index contributed by atoms with van der Waals surface area (Å²) in [5.74, 6) is 0.283. The van der Waals surface area contributed by atoms with Gasteiger partial charge >= 0.3 is 0 Å². The number of likely N-dealkylation sites (N-methyl/N-ethyl adjacent to an activating group) is 1. The Hall–Kier alpha value is -2.38. The Kier molecular flexibility index (Phi) is 6.76. The number of ether oxygens (including phenoxy) is 1. The van der Waals surface area contributed by atoms with Crippen molar-refractivity contribution in [2.45, 2.75) is 25.2 Å². The van der Waals surface area contributed by atoms with Crippen molar-refractivity contribution in [3.05, 3.63) is 54.1 Å². The van der Waals surface area contributed by atoms with Gasteiger partial charge in [-0.1, -0.05) is 25.1 Å². The summed E-state index contributed by atoms with van der Waals surface area (Å²) in [7, 11) is -1.84. The molecule has 2 aromatic rings. The van der Waals surface area contributed by atoms with Crippen molar-refractivity contribution in [1.29, 1.82) is 0 Å². The SMILES string of the molecule is CCCNS(=O)(=O)c1ccc(OCC(=O)N(C)c2ccccc2)c(C)c1. The van der Waals surface area contributed by atoms with E-state index in [0.717, 1.165) is 12.1 Å². The Morgan fingerprint density at radius 3 is 2.46 bits per heavy atom. The van der Waals surface area contributed by atoms with Crippen LogP contribution in [-0.4, -0.2) is 34.5 Å². The van der Waals surface area contributed by atoms with Crippen LogP contribution in [0.2, 0.25) is 0 Å². The topological polar surface area (TPSA) is 75.7 Å². The van der Waals surface area contributed by atoms with Gasteiger partial charge in [0, 0.05) is 19.3 Å². The highest BCUT2D eigenvalue weighted by atomic mass is 32.2. The van der Waals surface area contributed by atoms with E-state index < -0.39 is 10.0 Å². The monoisotopic (exact) mass is 376 g/mol. The first kappa shape index (κ1) is 19.9. The van der Waals surface area contributed by atoms with Gasteiger partial charge in [-0.3, -0.25) is 4.79 Å². The van der Waals surface area contributed by atoms with Gasteiger partial charge in [0.1, 0.15) is 5.75 Å². The van der Waals surface area contributed by atoms with E-state index in [1.807, 2.05) is 37.3 Å². The molecule has 0 spiro atoms. The average Bonchev–Trinajstić information content (AvgIpc) is 2.65. The van der Waals surface area contributed by atoms with Crippen LogP contribution in [0.5, 0.6) is 5.75 Å². The fourth-order valence-corrected chi connectivity index (χ4v) is 3.52. The summed E-state index contributed by atoms with van der Waals surface area (Å²) in [4.78, 5) is 14.0. The van der Waals surface area contributed by atoms with E-state index in [2.05, 4.69) is 4.72 Å². The molecule has 0 heterocycles. The molecule has 0 atom stereocenters. The lowest BCUT2D eigenvalue weighted by molar-refractivity contribution is -0.120. The molecule has 0 aliphatic rings. The Morgan fingerprint density at radius 2 is 1.85 bits per heavy atom. The first-order chi connectivity index (χ1) is 12.3. The van der Waals surface area contributed by atoms with Crippen LogP contribution in [0.4, 0.5) is 5.69 Å². The normalized spacial score (nSPS) is 11.2. The molecule has 0 bridgehead atoms. The molecule has 0 saturated heterocycles. The summed E-state index contributed by atoms with van der Waals surface area (Å²) >= 11 is 0. The standard InChI is InChI=1S/C19H24N2O4S/c1-4-12-20-26(23,24)17-10-11-18(15(2)13-17)25-14-19(22)21(3)16-8-6-5-7-9-16/h5-11,13,20H,4,12,14H2,1-3H3. The molecule has 0 radical (unpaired) electrons. The van der Waals surface area contributed by atoms with Crippen molar-refractivity contribution >= 4 is 21.6 Å². The number of hydrogen-bond acceptors (Lipinski definition) is 4. The zero-order chi connectivity index (χ0) is 19.2. The van der Waals surface area contributed by atoms with E-state index in [-0.39, 0.29) is 17.4 Å². The Morgan fingerprint density at radius 1 is 1.15 bits per heavy atom. The quantitative estimate of drug-likeness (QED) is 0.769. The molecule has 6 nitrogen and oxygen atoms in total. The van der Waals surface area contributed by atoms with E-state index >= 15 is 0 Å². The van der Waals surface area contributed by atoms with Crippen molar-refractivity contribution in [1.82, 2.24) is 4.72 Å². The van der Waals surface area contributed by atoms with Gasteiger partial charge in [-0.05, 0) is 49.2 Å². The zero-order valence-electron chi connectivity index (χ0n) is 15.2. The highest BCUT2D eigenvalue weighted by Crippen LogP contribution is 2.22. The third-order valence-corrected chi connectivity index (χ3v) is 5.33. The summed E-state index contributed by atoms with van der Waals surface area (Å²) in [6, 6.07) is 13.9. The number of rotatable bonds is 8. The summed E-state index contributed by atoms with van der Waals surface area (Å²) in [6.45, 7) is 3.90. The number of carbonyl (C=O) groups is 1. The van der Waals surface area contributed by atoms with Gasteiger partial charge in [-0.2, -0.15) is 0 Å². The minimum Gasteiger partial charge on any atom is -0.483 e. The number of sulfonamides is 1. The maximum Gasteiger partial charge on any atom is 0.264 e. The van der Waals surface area contributed by atoms with Crippen LogP contribution in [0.15, 0.2) is 53.4 Å². The van der Waals surface area contributed by atoms with Gasteiger partial charge in [-0.15, -0.1) is 0 Å². The van der Waals surface area contributed by atoms with Crippen molar-refractivity contribution in [3.63, 3.8) is 0 Å². The Bertz CT molecular complexity index is 851. The van der Waals surface area contributed by atoms with Crippen molar-refractivity contribution in [2.75, 3.05) is 25.1 Å². The second-order valence-electron chi connectivity index (χ2n) is 5.90. The van der Waals surface area contributed by atoms with Crippen LogP contribution in [0.1, 0.15) is 18.9 Å². The number of aryl methyl sites for hydroxylation is 1. The number of nitrogens with zero attached hydrogens (tertiary/aromatic N) is 1. The molecular weight excluding hydrogens is 352 g/mol. The molecule has 0 aliphatic carbocycles. The van der Waals surface area contributed by atoms with Gasteiger partial charge in [0.15, 0.2) is 6.61 Å². The third kappa shape index (κ3) is 5.06. The molecule has 0 aromatic heterocycles. The average molecular weight is 376 g/mol. The molecule has 0 saturated carbocycles. The molecule has 0 unspecified atom stereocenters. The maximum atomic E-state index is 12.3. The molecule has 2 rings (SSSR count). The fraction of sp³-hybridized carbons (Fsp3) is 0.316. The van der Waals surface area contributed by atoms with Crippen LogP contribution in [0.3, 0.4) is 0 Å². The second-order valence-corrected chi connectivity index (χ2v) is 7.67. The minimum absolute atomic E-state index is 0.133. The highest BCUT2D eigenvalue weighted by Gasteiger charge is 2.16. The van der Waals surface area contributed by atoms with E-state index in [0.29, 0.717) is 17.9 Å². The Labute approximate surface area is 154 Å². The van der Waals surface area contributed by atoms with E-state index in [4.69, 9.17) is 4.74 Å². The van der Waals surface area contributed by atoms with Crippen LogP contribution in [0.25, 0.3) is 0 Å². The minimum atomic E-state index is -3.52. The molecule has 7 heteroatoms. The number of carbonyl (C=O) groups excluding carboxylic acids is 1. The first-order valence-electron chi connectivity index (χ1n) is 8.40. The number of benzene rings is 2. The van der Waals surface area contributed by atoms with Crippen LogP contribution < -0.4 is 14.4 Å². The summed E-state index contributed by atoms with van der Waals surface area (Å²) in [6.07, 6.45) is 0.719. The summed E-state index contributed by atoms with van der Waals surface area (Å²) in [5, 5.41) is 0. The summed E-state index contributed by atoms with van der Waals surface area (Å²) in [5.41, 5.74) is 1.43. The number of nitrogens with one attached hydrogen (secondary N) is 1. The van der Waals surface area contributed by atoms with Gasteiger partial charge in [-0.25, -0.2) is 13.1 Å². The van der Waals surface area contributed by atoms with Crippen LogP contribution >= 0.6 is 0 Å². The molecule has 26 heavy (non-hydrogen) atoms. The summed E-state index contributed by atoms with van der Waals surface area (Å²) < 4.78 is 32.4. The number of hydrogen-bond donors (Lipinski definition) is 1. The molecule has 1 amide bonds. The van der Waals surface area contributed by atoms with Gasteiger partial charge < -0.3 is 9.64 Å². The lowest BCUT2D eigenvalue weighted by atomic mass is 10.2. The zero-order valence-corrected chi connectivity index (χ0v) is 16.0. The van der Waals surface area contributed by atoms with Crippen LogP contribution in [0, 0.1) is 6.92 Å². The van der Waals surface area contributed by atoms with E-state index in [9.17, 15) is 13.2 Å². The lowest BCUT2D eigenvalue weighted by Gasteiger charge is -2.18. The molecule has 2 aromatic carbocycles. The van der Waals surface area contributed by atoms with Crippen LogP contribution in [-0.2, 0) is 14.8 Å². The molecule has 140 valence electrons. The van der Waals surface area contributed by atoms with Gasteiger partial charge in [0.25, 0.3) is 5.91 Å². The molecular formula is C19H24N2O4S. The molecule has 0 fully saturated rings. The smallest absolute Gasteiger partial charge is 0.264 e. The van der Waals surface area contributed by atoms with Gasteiger partial charge in [0.2, 0.25) is 10.0 Å². The van der Waals surface area contributed by atoms with Crippen molar-refractivity contribution in [2.24, 2.45) is 0 Å². The maximum absolute atomic E-state index is 12.3. The van der Waals surface area contributed by atoms with E-state index in [1.165, 1.54) is 11.0 Å².